The molecular weight excluding hydrogens is 274 g/mol. The standard InChI is InChI=1S/C15H19NO5/c1-19-12-4-6-13(7-5-12)20-11-15(18)21-10-14(17)16-8-2-3-9-16/h4-7H,2-3,8-11H2,1H3. The molecule has 21 heavy (non-hydrogen) atoms. The number of carbonyl (C=O) groups excluding carboxylic acids is 2. The number of amides is 1. The van der Waals surface area contributed by atoms with Crippen LogP contribution in [0.2, 0.25) is 0 Å². The molecule has 0 atom stereocenters. The van der Waals surface area contributed by atoms with Gasteiger partial charge in [-0.05, 0) is 37.1 Å². The van der Waals surface area contributed by atoms with Crippen molar-refractivity contribution in [3.8, 4) is 11.5 Å². The zero-order valence-electron chi connectivity index (χ0n) is 12.0. The van der Waals surface area contributed by atoms with Gasteiger partial charge in [0.05, 0.1) is 7.11 Å². The number of rotatable bonds is 6. The highest BCUT2D eigenvalue weighted by Gasteiger charge is 2.19. The summed E-state index contributed by atoms with van der Waals surface area (Å²) >= 11 is 0. The molecule has 6 heteroatoms. The van der Waals surface area contributed by atoms with Gasteiger partial charge in [0, 0.05) is 13.1 Å². The van der Waals surface area contributed by atoms with Gasteiger partial charge in [-0.25, -0.2) is 4.79 Å². The van der Waals surface area contributed by atoms with E-state index >= 15 is 0 Å². The first-order chi connectivity index (χ1) is 10.2. The maximum absolute atomic E-state index is 11.7. The first-order valence-corrected chi connectivity index (χ1v) is 6.89. The first kappa shape index (κ1) is 15.2. The van der Waals surface area contributed by atoms with Gasteiger partial charge in [-0.3, -0.25) is 4.79 Å². The molecule has 0 unspecified atom stereocenters. The van der Waals surface area contributed by atoms with Gasteiger partial charge in [0.1, 0.15) is 11.5 Å². The summed E-state index contributed by atoms with van der Waals surface area (Å²) in [6, 6.07) is 6.86. The lowest BCUT2D eigenvalue weighted by molar-refractivity contribution is -0.153. The van der Waals surface area contributed by atoms with Crippen molar-refractivity contribution in [1.82, 2.24) is 4.90 Å². The molecule has 1 fully saturated rings. The van der Waals surface area contributed by atoms with E-state index < -0.39 is 5.97 Å². The fourth-order valence-corrected chi connectivity index (χ4v) is 2.06. The van der Waals surface area contributed by atoms with Crippen LogP contribution in [0, 0.1) is 0 Å². The second-order valence-electron chi connectivity index (χ2n) is 4.71. The van der Waals surface area contributed by atoms with Gasteiger partial charge in [-0.1, -0.05) is 0 Å². The van der Waals surface area contributed by atoms with Crippen molar-refractivity contribution in [1.29, 1.82) is 0 Å². The minimum absolute atomic E-state index is 0.148. The number of ether oxygens (including phenoxy) is 3. The Morgan fingerprint density at radius 2 is 1.67 bits per heavy atom. The average molecular weight is 293 g/mol. The third-order valence-electron chi connectivity index (χ3n) is 3.23. The van der Waals surface area contributed by atoms with Crippen LogP contribution >= 0.6 is 0 Å². The second kappa shape index (κ2) is 7.52. The molecule has 1 saturated heterocycles. The number of esters is 1. The molecule has 0 aromatic heterocycles. The molecule has 114 valence electrons. The lowest BCUT2D eigenvalue weighted by Gasteiger charge is -2.15. The summed E-state index contributed by atoms with van der Waals surface area (Å²) in [7, 11) is 1.57. The molecule has 1 aliphatic rings. The van der Waals surface area contributed by atoms with Crippen LogP contribution in [0.15, 0.2) is 24.3 Å². The third kappa shape index (κ3) is 4.66. The van der Waals surface area contributed by atoms with Gasteiger partial charge in [-0.15, -0.1) is 0 Å². The molecule has 6 nitrogen and oxygen atoms in total. The molecule has 1 aromatic rings. The summed E-state index contributed by atoms with van der Waals surface area (Å²) in [6.07, 6.45) is 2.03. The van der Waals surface area contributed by atoms with Crippen LogP contribution in [0.5, 0.6) is 11.5 Å². The maximum Gasteiger partial charge on any atom is 0.344 e. The van der Waals surface area contributed by atoms with Crippen molar-refractivity contribution in [2.24, 2.45) is 0 Å². The highest BCUT2D eigenvalue weighted by atomic mass is 16.6. The Balaban J connectivity index is 1.67. The molecule has 0 aliphatic carbocycles. The predicted octanol–water partition coefficient (Wildman–Crippen LogP) is 1.24. The van der Waals surface area contributed by atoms with E-state index in [-0.39, 0.29) is 19.1 Å². The van der Waals surface area contributed by atoms with Crippen LogP contribution < -0.4 is 9.47 Å². The number of carbonyl (C=O) groups is 2. The Labute approximate surface area is 123 Å². The van der Waals surface area contributed by atoms with Crippen LogP contribution in [0.4, 0.5) is 0 Å². The molecule has 1 aliphatic heterocycles. The van der Waals surface area contributed by atoms with Crippen molar-refractivity contribution in [3.63, 3.8) is 0 Å². The normalized spacial score (nSPS) is 13.9. The zero-order chi connectivity index (χ0) is 15.1. The molecule has 0 spiro atoms. The molecule has 0 saturated carbocycles. The highest BCUT2D eigenvalue weighted by Crippen LogP contribution is 2.16. The molecule has 2 rings (SSSR count). The molecular formula is C15H19NO5. The summed E-state index contributed by atoms with van der Waals surface area (Å²) < 4.78 is 15.2. The Hall–Kier alpha value is -2.24. The molecule has 1 amide bonds. The van der Waals surface area contributed by atoms with E-state index in [9.17, 15) is 9.59 Å². The summed E-state index contributed by atoms with van der Waals surface area (Å²) in [5.41, 5.74) is 0. The topological polar surface area (TPSA) is 65.1 Å². The highest BCUT2D eigenvalue weighted by molar-refractivity contribution is 5.81. The van der Waals surface area contributed by atoms with Gasteiger partial charge >= 0.3 is 5.97 Å². The Bertz CT molecular complexity index is 479. The van der Waals surface area contributed by atoms with Crippen molar-refractivity contribution >= 4 is 11.9 Å². The second-order valence-corrected chi connectivity index (χ2v) is 4.71. The largest absolute Gasteiger partial charge is 0.497 e. The Morgan fingerprint density at radius 3 is 2.29 bits per heavy atom. The van der Waals surface area contributed by atoms with Crippen molar-refractivity contribution in [2.45, 2.75) is 12.8 Å². The van der Waals surface area contributed by atoms with E-state index in [0.717, 1.165) is 25.9 Å². The van der Waals surface area contributed by atoms with Crippen LogP contribution in [0.3, 0.4) is 0 Å². The summed E-state index contributed by atoms with van der Waals surface area (Å²) in [5.74, 6) is 0.545. The Kier molecular flexibility index (Phi) is 5.43. The molecule has 0 bridgehead atoms. The van der Waals surface area contributed by atoms with Crippen LogP contribution in [-0.2, 0) is 14.3 Å². The number of hydrogen-bond acceptors (Lipinski definition) is 5. The number of methoxy groups -OCH3 is 1. The predicted molar refractivity (Wildman–Crippen MR) is 75.3 cm³/mol. The average Bonchev–Trinajstić information content (AvgIpc) is 3.05. The molecule has 0 radical (unpaired) electrons. The minimum Gasteiger partial charge on any atom is -0.497 e. The van der Waals surface area contributed by atoms with E-state index in [0.29, 0.717) is 11.5 Å². The van der Waals surface area contributed by atoms with E-state index in [2.05, 4.69) is 0 Å². The smallest absolute Gasteiger partial charge is 0.344 e. The van der Waals surface area contributed by atoms with E-state index in [4.69, 9.17) is 14.2 Å². The van der Waals surface area contributed by atoms with E-state index in [1.165, 1.54) is 0 Å². The fraction of sp³-hybridized carbons (Fsp3) is 0.467. The van der Waals surface area contributed by atoms with E-state index in [1.807, 2.05) is 0 Å². The van der Waals surface area contributed by atoms with Crippen LogP contribution in [0.1, 0.15) is 12.8 Å². The number of nitrogens with zero attached hydrogens (tertiary/aromatic N) is 1. The molecule has 0 N–H and O–H groups in total. The number of benzene rings is 1. The quantitative estimate of drug-likeness (QED) is 0.738. The minimum atomic E-state index is -0.557. The summed E-state index contributed by atoms with van der Waals surface area (Å²) in [5, 5.41) is 0. The molecule has 1 aromatic carbocycles. The number of likely N-dealkylation sites (tertiary alicyclic amines) is 1. The van der Waals surface area contributed by atoms with Gasteiger partial charge in [0.25, 0.3) is 5.91 Å². The van der Waals surface area contributed by atoms with Crippen LogP contribution in [0.25, 0.3) is 0 Å². The summed E-state index contributed by atoms with van der Waals surface area (Å²) in [6.45, 7) is 1.06. The van der Waals surface area contributed by atoms with Gasteiger partial charge < -0.3 is 19.1 Å². The van der Waals surface area contributed by atoms with Crippen molar-refractivity contribution in [2.75, 3.05) is 33.4 Å². The maximum atomic E-state index is 11.7. The van der Waals surface area contributed by atoms with Crippen molar-refractivity contribution in [3.05, 3.63) is 24.3 Å². The lowest BCUT2D eigenvalue weighted by Crippen LogP contribution is -2.32. The number of hydrogen-bond donors (Lipinski definition) is 0. The van der Waals surface area contributed by atoms with Crippen molar-refractivity contribution < 1.29 is 23.8 Å². The van der Waals surface area contributed by atoms with Gasteiger partial charge in [0.15, 0.2) is 13.2 Å². The molecule has 1 heterocycles. The zero-order valence-corrected chi connectivity index (χ0v) is 12.0. The monoisotopic (exact) mass is 293 g/mol. The fourth-order valence-electron chi connectivity index (χ4n) is 2.06. The van der Waals surface area contributed by atoms with E-state index in [1.54, 1.807) is 36.3 Å². The van der Waals surface area contributed by atoms with Crippen LogP contribution in [-0.4, -0.2) is 50.2 Å². The summed E-state index contributed by atoms with van der Waals surface area (Å²) in [4.78, 5) is 24.9. The third-order valence-corrected chi connectivity index (χ3v) is 3.23. The van der Waals surface area contributed by atoms with Gasteiger partial charge in [-0.2, -0.15) is 0 Å². The SMILES string of the molecule is COc1ccc(OCC(=O)OCC(=O)N2CCCC2)cc1. The van der Waals surface area contributed by atoms with Gasteiger partial charge in [0.2, 0.25) is 0 Å². The Morgan fingerprint density at radius 1 is 1.05 bits per heavy atom. The lowest BCUT2D eigenvalue weighted by atomic mass is 10.3. The first-order valence-electron chi connectivity index (χ1n) is 6.89.